The third-order valence-corrected chi connectivity index (χ3v) is 2.53. The lowest BCUT2D eigenvalue weighted by Gasteiger charge is -2.27. The van der Waals surface area contributed by atoms with Crippen molar-refractivity contribution in [2.75, 3.05) is 13.7 Å². The molecule has 4 N–H and O–H groups in total. The predicted molar refractivity (Wildman–Crippen MR) is 52.7 cm³/mol. The minimum Gasteiger partial charge on any atom is -0.468 e. The van der Waals surface area contributed by atoms with Crippen molar-refractivity contribution in [3.8, 4) is 0 Å². The number of carbonyl (C=O) groups is 1. The molecule has 1 unspecified atom stereocenters. The zero-order valence-corrected chi connectivity index (χ0v) is 8.94. The molecular weight excluding hydrogens is 215 g/mol. The van der Waals surface area contributed by atoms with Gasteiger partial charge in [-0.25, -0.2) is 4.79 Å². The Bertz CT molecular complexity index is 178. The topological polar surface area (TPSA) is 78.3 Å². The molecule has 0 rings (SSSR count). The Morgan fingerprint density at radius 1 is 1.62 bits per heavy atom. The molecule has 0 saturated carbocycles. The maximum atomic E-state index is 11.2. The molecule has 0 aromatic rings. The van der Waals surface area contributed by atoms with Crippen LogP contribution in [0, 0.1) is 0 Å². The summed E-state index contributed by atoms with van der Waals surface area (Å²) < 4.78 is 4.50. The molecular formula is C7H14Cl2N2O2. The van der Waals surface area contributed by atoms with Crippen LogP contribution in [-0.2, 0) is 9.53 Å². The van der Waals surface area contributed by atoms with E-state index < -0.39 is 16.3 Å². The van der Waals surface area contributed by atoms with Gasteiger partial charge in [0, 0.05) is 0 Å². The molecule has 0 aromatic heterocycles. The first-order valence-electron chi connectivity index (χ1n) is 3.84. The van der Waals surface area contributed by atoms with Crippen LogP contribution in [0.3, 0.4) is 0 Å². The molecule has 4 nitrogen and oxygen atoms in total. The van der Waals surface area contributed by atoms with Gasteiger partial charge in [-0.05, 0) is 19.4 Å². The van der Waals surface area contributed by atoms with E-state index >= 15 is 0 Å². The van der Waals surface area contributed by atoms with Gasteiger partial charge in [0.15, 0.2) is 0 Å². The number of hydrogen-bond acceptors (Lipinski definition) is 4. The first-order valence-corrected chi connectivity index (χ1v) is 4.71. The monoisotopic (exact) mass is 228 g/mol. The van der Waals surface area contributed by atoms with Gasteiger partial charge in [0.2, 0.25) is 0 Å². The van der Waals surface area contributed by atoms with Gasteiger partial charge < -0.3 is 16.2 Å². The Morgan fingerprint density at radius 2 is 2.15 bits per heavy atom. The third-order valence-electron chi connectivity index (χ3n) is 1.75. The summed E-state index contributed by atoms with van der Waals surface area (Å²) >= 11 is 11.2. The quantitative estimate of drug-likeness (QED) is 0.528. The number of ether oxygens (including phenoxy) is 1. The lowest BCUT2D eigenvalue weighted by atomic mass is 9.97. The molecule has 13 heavy (non-hydrogen) atoms. The highest BCUT2D eigenvalue weighted by molar-refractivity contribution is 6.46. The van der Waals surface area contributed by atoms with Crippen LogP contribution in [0.4, 0.5) is 0 Å². The van der Waals surface area contributed by atoms with Crippen molar-refractivity contribution in [1.29, 1.82) is 0 Å². The van der Waals surface area contributed by atoms with Crippen LogP contribution >= 0.6 is 23.2 Å². The first-order chi connectivity index (χ1) is 5.99. The van der Waals surface area contributed by atoms with Crippen LogP contribution < -0.4 is 11.5 Å². The van der Waals surface area contributed by atoms with Gasteiger partial charge in [-0.15, -0.1) is 23.2 Å². The predicted octanol–water partition coefficient (Wildman–Crippen LogP) is 0.399. The summed E-state index contributed by atoms with van der Waals surface area (Å²) in [5.41, 5.74) is 9.62. The summed E-state index contributed by atoms with van der Waals surface area (Å²) in [6.45, 7) is 0.427. The fourth-order valence-corrected chi connectivity index (χ4v) is 1.28. The number of nitrogens with two attached hydrogens (primary N) is 2. The van der Waals surface area contributed by atoms with E-state index in [9.17, 15) is 4.79 Å². The molecule has 1 atom stereocenters. The number of halogens is 2. The number of alkyl halides is 2. The van der Waals surface area contributed by atoms with E-state index in [1.165, 1.54) is 7.11 Å². The van der Waals surface area contributed by atoms with Gasteiger partial charge in [0.05, 0.1) is 7.11 Å². The highest BCUT2D eigenvalue weighted by Crippen LogP contribution is 2.24. The largest absolute Gasteiger partial charge is 0.468 e. The van der Waals surface area contributed by atoms with Gasteiger partial charge in [0.25, 0.3) is 0 Å². The Hall–Kier alpha value is -0.0300. The summed E-state index contributed by atoms with van der Waals surface area (Å²) in [6, 6.07) is 0. The molecule has 0 saturated heterocycles. The van der Waals surface area contributed by atoms with E-state index in [4.69, 9.17) is 34.7 Å². The van der Waals surface area contributed by atoms with E-state index in [2.05, 4.69) is 4.74 Å². The van der Waals surface area contributed by atoms with E-state index in [0.29, 0.717) is 19.4 Å². The number of esters is 1. The van der Waals surface area contributed by atoms with Crippen molar-refractivity contribution < 1.29 is 9.53 Å². The molecule has 0 amide bonds. The molecule has 0 aliphatic rings. The third kappa shape index (κ3) is 3.31. The molecule has 6 heteroatoms. The average Bonchev–Trinajstić information content (AvgIpc) is 2.12. The van der Waals surface area contributed by atoms with Crippen LogP contribution in [0.2, 0.25) is 0 Å². The molecule has 78 valence electrons. The minimum atomic E-state index is -1.35. The normalized spacial score (nSPS) is 15.5. The molecule has 0 aromatic carbocycles. The zero-order chi connectivity index (χ0) is 10.5. The first kappa shape index (κ1) is 13.0. The van der Waals surface area contributed by atoms with Gasteiger partial charge >= 0.3 is 5.97 Å². The van der Waals surface area contributed by atoms with E-state index in [-0.39, 0.29) is 0 Å². The van der Waals surface area contributed by atoms with Crippen molar-refractivity contribution in [3.63, 3.8) is 0 Å². The molecule has 0 fully saturated rings. The summed E-state index contributed by atoms with van der Waals surface area (Å²) in [5, 5.41) is 0. The molecule has 0 radical (unpaired) electrons. The van der Waals surface area contributed by atoms with E-state index in [0.717, 1.165) is 0 Å². The second kappa shape index (κ2) is 5.65. The summed E-state index contributed by atoms with van der Waals surface area (Å²) in [6.07, 6.45) is 0.884. The summed E-state index contributed by atoms with van der Waals surface area (Å²) in [5.74, 6) is -0.615. The molecule has 0 bridgehead atoms. The lowest BCUT2D eigenvalue weighted by Crippen LogP contribution is -2.54. The second-order valence-corrected chi connectivity index (χ2v) is 3.82. The van der Waals surface area contributed by atoms with E-state index in [1.54, 1.807) is 0 Å². The van der Waals surface area contributed by atoms with Gasteiger partial charge in [-0.2, -0.15) is 0 Å². The molecule has 0 aliphatic carbocycles. The number of hydrogen-bond donors (Lipinski definition) is 2. The van der Waals surface area contributed by atoms with Crippen molar-refractivity contribution >= 4 is 29.2 Å². The van der Waals surface area contributed by atoms with Crippen LogP contribution in [-0.4, -0.2) is 30.0 Å². The Kier molecular flexibility index (Phi) is 5.64. The highest BCUT2D eigenvalue weighted by Gasteiger charge is 2.41. The lowest BCUT2D eigenvalue weighted by molar-refractivity contribution is -0.146. The van der Waals surface area contributed by atoms with Crippen LogP contribution in [0.1, 0.15) is 12.8 Å². The Morgan fingerprint density at radius 3 is 2.46 bits per heavy atom. The van der Waals surface area contributed by atoms with Crippen molar-refractivity contribution in [1.82, 2.24) is 0 Å². The van der Waals surface area contributed by atoms with Gasteiger partial charge in [-0.1, -0.05) is 0 Å². The zero-order valence-electron chi connectivity index (χ0n) is 7.43. The van der Waals surface area contributed by atoms with Crippen molar-refractivity contribution in [3.05, 3.63) is 0 Å². The standard InChI is InChI=1S/C7H14Cl2N2O2/c1-13-6(12)7(11,5(8)9)3-2-4-10/h5H,2-4,10-11H2,1H3. The Labute approximate surface area is 87.5 Å². The average molecular weight is 229 g/mol. The van der Waals surface area contributed by atoms with Crippen molar-refractivity contribution in [2.24, 2.45) is 11.5 Å². The molecule has 0 spiro atoms. The van der Waals surface area contributed by atoms with Gasteiger partial charge in [0.1, 0.15) is 10.4 Å². The van der Waals surface area contributed by atoms with Crippen molar-refractivity contribution in [2.45, 2.75) is 23.2 Å². The second-order valence-electron chi connectivity index (χ2n) is 2.72. The SMILES string of the molecule is COC(=O)C(N)(CCCN)C(Cl)Cl. The fourth-order valence-electron chi connectivity index (χ4n) is 0.885. The Balaban J connectivity index is 4.43. The highest BCUT2D eigenvalue weighted by atomic mass is 35.5. The number of rotatable bonds is 5. The van der Waals surface area contributed by atoms with Crippen LogP contribution in [0.15, 0.2) is 0 Å². The van der Waals surface area contributed by atoms with Gasteiger partial charge in [-0.3, -0.25) is 0 Å². The number of carbonyl (C=O) groups excluding carboxylic acids is 1. The fraction of sp³-hybridized carbons (Fsp3) is 0.857. The minimum absolute atomic E-state index is 0.313. The smallest absolute Gasteiger partial charge is 0.328 e. The van der Waals surface area contributed by atoms with Crippen LogP contribution in [0.5, 0.6) is 0 Å². The molecule has 0 aliphatic heterocycles. The number of methoxy groups -OCH3 is 1. The van der Waals surface area contributed by atoms with E-state index in [1.807, 2.05) is 0 Å². The maximum absolute atomic E-state index is 11.2. The van der Waals surface area contributed by atoms with Crippen LogP contribution in [0.25, 0.3) is 0 Å². The summed E-state index contributed by atoms with van der Waals surface area (Å²) in [4.78, 5) is 10.2. The summed E-state index contributed by atoms with van der Waals surface area (Å²) in [7, 11) is 1.24. The molecule has 0 heterocycles. The maximum Gasteiger partial charge on any atom is 0.328 e.